The second kappa shape index (κ2) is 8.07. The van der Waals surface area contributed by atoms with Crippen LogP contribution in [0.15, 0.2) is 0 Å². The van der Waals surface area contributed by atoms with Crippen LogP contribution in [0.5, 0.6) is 0 Å². The molecule has 10 heteroatoms. The van der Waals surface area contributed by atoms with Gasteiger partial charge in [-0.2, -0.15) is 0 Å². The van der Waals surface area contributed by atoms with E-state index in [9.17, 15) is 28.8 Å². The number of imide groups is 2. The zero-order valence-electron chi connectivity index (χ0n) is 14.6. The van der Waals surface area contributed by atoms with Crippen molar-refractivity contribution in [3.8, 4) is 0 Å². The quantitative estimate of drug-likeness (QED) is 0.462. The standard InChI is InChI=1S/C16H20N2O8/c1-9-7-11(19)17(15(9)23)25-13(21)5-3-4-6-14(22)26-18-12(20)8-10(2)16(18)24/h9-10H,3-8H2,1-2H3. The number of amides is 4. The highest BCUT2D eigenvalue weighted by atomic mass is 16.7. The molecule has 0 aromatic carbocycles. The van der Waals surface area contributed by atoms with Gasteiger partial charge in [0.2, 0.25) is 0 Å². The van der Waals surface area contributed by atoms with Crippen LogP contribution in [0.2, 0.25) is 0 Å². The molecule has 2 saturated heterocycles. The fourth-order valence-electron chi connectivity index (χ4n) is 2.54. The highest BCUT2D eigenvalue weighted by Crippen LogP contribution is 2.21. The summed E-state index contributed by atoms with van der Waals surface area (Å²) < 4.78 is 0. The van der Waals surface area contributed by atoms with Gasteiger partial charge in [-0.25, -0.2) is 9.59 Å². The van der Waals surface area contributed by atoms with Crippen LogP contribution in [0.4, 0.5) is 0 Å². The third-order valence-corrected chi connectivity index (χ3v) is 4.06. The van der Waals surface area contributed by atoms with Gasteiger partial charge in [-0.15, -0.1) is 10.1 Å². The van der Waals surface area contributed by atoms with Crippen LogP contribution in [0, 0.1) is 11.8 Å². The number of hydroxylamine groups is 4. The zero-order valence-corrected chi connectivity index (χ0v) is 14.6. The minimum absolute atomic E-state index is 0.00448. The molecule has 0 saturated carbocycles. The monoisotopic (exact) mass is 368 g/mol. The average molecular weight is 368 g/mol. The van der Waals surface area contributed by atoms with Crippen molar-refractivity contribution < 1.29 is 38.4 Å². The average Bonchev–Trinajstić information content (AvgIpc) is 2.95. The summed E-state index contributed by atoms with van der Waals surface area (Å²) in [6.45, 7) is 3.13. The Kier molecular flexibility index (Phi) is 6.06. The molecule has 142 valence electrons. The first-order valence-corrected chi connectivity index (χ1v) is 8.36. The van der Waals surface area contributed by atoms with E-state index in [0.29, 0.717) is 10.1 Å². The van der Waals surface area contributed by atoms with E-state index in [4.69, 9.17) is 9.68 Å². The van der Waals surface area contributed by atoms with Gasteiger partial charge in [0.05, 0.1) is 0 Å². The lowest BCUT2D eigenvalue weighted by atomic mass is 10.1. The van der Waals surface area contributed by atoms with E-state index in [1.54, 1.807) is 13.8 Å². The number of hydrogen-bond donors (Lipinski definition) is 0. The van der Waals surface area contributed by atoms with Crippen LogP contribution in [-0.4, -0.2) is 45.7 Å². The van der Waals surface area contributed by atoms with Crippen molar-refractivity contribution in [1.29, 1.82) is 0 Å². The summed E-state index contributed by atoms with van der Waals surface area (Å²) in [6, 6.07) is 0. The van der Waals surface area contributed by atoms with Gasteiger partial charge in [0.25, 0.3) is 23.6 Å². The molecule has 0 radical (unpaired) electrons. The number of carbonyl (C=O) groups excluding carboxylic acids is 6. The minimum Gasteiger partial charge on any atom is -0.330 e. The van der Waals surface area contributed by atoms with E-state index in [2.05, 4.69) is 0 Å². The second-order valence-corrected chi connectivity index (χ2v) is 6.40. The van der Waals surface area contributed by atoms with Crippen LogP contribution >= 0.6 is 0 Å². The highest BCUT2D eigenvalue weighted by Gasteiger charge is 2.39. The Labute approximate surface area is 149 Å². The van der Waals surface area contributed by atoms with Crippen molar-refractivity contribution in [2.75, 3.05) is 0 Å². The summed E-state index contributed by atoms with van der Waals surface area (Å²) in [5, 5.41) is 0.958. The largest absolute Gasteiger partial charge is 0.333 e. The van der Waals surface area contributed by atoms with Crippen molar-refractivity contribution in [3.63, 3.8) is 0 Å². The Morgan fingerprint density at radius 3 is 1.42 bits per heavy atom. The summed E-state index contributed by atoms with van der Waals surface area (Å²) >= 11 is 0. The van der Waals surface area contributed by atoms with Gasteiger partial charge in [0.1, 0.15) is 0 Å². The Morgan fingerprint density at radius 2 is 1.15 bits per heavy atom. The van der Waals surface area contributed by atoms with Gasteiger partial charge < -0.3 is 9.68 Å². The van der Waals surface area contributed by atoms with Crippen molar-refractivity contribution in [1.82, 2.24) is 10.1 Å². The molecular weight excluding hydrogens is 348 g/mol. The fourth-order valence-corrected chi connectivity index (χ4v) is 2.54. The van der Waals surface area contributed by atoms with Crippen LogP contribution in [-0.2, 0) is 38.4 Å². The normalized spacial score (nSPS) is 23.0. The van der Waals surface area contributed by atoms with Crippen molar-refractivity contribution in [2.24, 2.45) is 11.8 Å². The molecule has 26 heavy (non-hydrogen) atoms. The third kappa shape index (κ3) is 4.44. The number of nitrogens with zero attached hydrogens (tertiary/aromatic N) is 2. The summed E-state index contributed by atoms with van der Waals surface area (Å²) in [5.41, 5.74) is 0. The number of unbranched alkanes of at least 4 members (excludes halogenated alkanes) is 1. The van der Waals surface area contributed by atoms with Crippen molar-refractivity contribution >= 4 is 35.6 Å². The Morgan fingerprint density at radius 1 is 0.808 bits per heavy atom. The molecule has 10 nitrogen and oxygen atoms in total. The maximum Gasteiger partial charge on any atom is 0.333 e. The first-order chi connectivity index (χ1) is 12.2. The minimum atomic E-state index is -0.757. The lowest BCUT2D eigenvalue weighted by Crippen LogP contribution is -2.33. The lowest BCUT2D eigenvalue weighted by Gasteiger charge is -2.13. The first kappa shape index (κ1) is 19.5. The molecule has 2 atom stereocenters. The van der Waals surface area contributed by atoms with Crippen LogP contribution in [0.25, 0.3) is 0 Å². The van der Waals surface area contributed by atoms with Crippen LogP contribution in [0.1, 0.15) is 52.4 Å². The van der Waals surface area contributed by atoms with Crippen molar-refractivity contribution in [2.45, 2.75) is 52.4 Å². The van der Waals surface area contributed by atoms with Crippen molar-refractivity contribution in [3.05, 3.63) is 0 Å². The fraction of sp³-hybridized carbons (Fsp3) is 0.625. The SMILES string of the molecule is CC1CC(=O)N(OC(=O)CCCCC(=O)ON2C(=O)CC(C)C2=O)C1=O. The van der Waals surface area contributed by atoms with Gasteiger partial charge in [0, 0.05) is 37.5 Å². The molecule has 4 amide bonds. The van der Waals surface area contributed by atoms with Gasteiger partial charge >= 0.3 is 11.9 Å². The molecular formula is C16H20N2O8. The number of carbonyl (C=O) groups is 6. The molecule has 2 aliphatic rings. The van der Waals surface area contributed by atoms with Gasteiger partial charge in [-0.1, -0.05) is 13.8 Å². The predicted molar refractivity (Wildman–Crippen MR) is 81.9 cm³/mol. The molecule has 2 fully saturated rings. The van der Waals surface area contributed by atoms with Gasteiger partial charge in [-0.05, 0) is 12.8 Å². The molecule has 0 aromatic heterocycles. The number of hydrogen-bond acceptors (Lipinski definition) is 8. The first-order valence-electron chi connectivity index (χ1n) is 8.36. The van der Waals surface area contributed by atoms with E-state index in [1.165, 1.54) is 0 Å². The molecule has 0 spiro atoms. The molecule has 0 aromatic rings. The highest BCUT2D eigenvalue weighted by molar-refractivity contribution is 6.03. The van der Waals surface area contributed by atoms with E-state index >= 15 is 0 Å². The summed E-state index contributed by atoms with van der Waals surface area (Å²) in [6.07, 6.45) is 0.305. The maximum atomic E-state index is 11.7. The second-order valence-electron chi connectivity index (χ2n) is 6.40. The summed E-state index contributed by atoms with van der Waals surface area (Å²) in [4.78, 5) is 79.0. The molecule has 2 rings (SSSR count). The number of rotatable bonds is 7. The maximum absolute atomic E-state index is 11.7. The van der Waals surface area contributed by atoms with E-state index < -0.39 is 47.4 Å². The Balaban J connectivity index is 1.65. The van der Waals surface area contributed by atoms with Crippen LogP contribution < -0.4 is 0 Å². The van der Waals surface area contributed by atoms with E-state index in [1.807, 2.05) is 0 Å². The Hall–Kier alpha value is -2.78. The Bertz CT molecular complexity index is 603. The topological polar surface area (TPSA) is 127 Å². The van der Waals surface area contributed by atoms with Crippen LogP contribution in [0.3, 0.4) is 0 Å². The molecule has 2 heterocycles. The summed E-state index contributed by atoms with van der Waals surface area (Å²) in [7, 11) is 0. The molecule has 0 aliphatic carbocycles. The van der Waals surface area contributed by atoms with Gasteiger partial charge in [-0.3, -0.25) is 19.2 Å². The summed E-state index contributed by atoms with van der Waals surface area (Å²) in [5.74, 6) is -4.77. The van der Waals surface area contributed by atoms with E-state index in [-0.39, 0.29) is 38.5 Å². The predicted octanol–water partition coefficient (Wildman–Crippen LogP) is 0.253. The smallest absolute Gasteiger partial charge is 0.330 e. The molecule has 0 bridgehead atoms. The van der Waals surface area contributed by atoms with E-state index in [0.717, 1.165) is 0 Å². The molecule has 2 aliphatic heterocycles. The zero-order chi connectivity index (χ0) is 19.4. The molecule has 2 unspecified atom stereocenters. The van der Waals surface area contributed by atoms with Gasteiger partial charge in [0.15, 0.2) is 0 Å². The lowest BCUT2D eigenvalue weighted by molar-refractivity contribution is -0.199. The third-order valence-electron chi connectivity index (χ3n) is 4.06. The molecule has 0 N–H and O–H groups in total.